The number of amides is 1. The van der Waals surface area contributed by atoms with Gasteiger partial charge in [-0.3, -0.25) is 14.6 Å². The molecule has 0 bridgehead atoms. The molecule has 1 unspecified atom stereocenters. The number of rotatable bonds is 2. The van der Waals surface area contributed by atoms with Crippen molar-refractivity contribution in [2.45, 2.75) is 19.3 Å². The Labute approximate surface area is 144 Å². The van der Waals surface area contributed by atoms with Crippen LogP contribution >= 0.6 is 11.6 Å². The number of nitrogens with zero attached hydrogens (tertiary/aromatic N) is 2. The van der Waals surface area contributed by atoms with E-state index < -0.39 is 5.97 Å². The SMILES string of the molecule is O=C(O)C1CC12CCN(C(=O)c1cc(Cl)cc3cccnc13)CC2. The molecule has 1 saturated carbocycles. The van der Waals surface area contributed by atoms with Crippen molar-refractivity contribution in [1.29, 1.82) is 0 Å². The molecular weight excluding hydrogens is 328 g/mol. The molecular formula is C18H17ClN2O3. The fourth-order valence-electron chi connectivity index (χ4n) is 3.89. The van der Waals surface area contributed by atoms with Gasteiger partial charge in [-0.15, -0.1) is 0 Å². The number of carbonyl (C=O) groups excluding carboxylic acids is 1. The van der Waals surface area contributed by atoms with Crippen molar-refractivity contribution in [3.05, 3.63) is 41.0 Å². The van der Waals surface area contributed by atoms with E-state index in [1.165, 1.54) is 0 Å². The van der Waals surface area contributed by atoms with E-state index in [9.17, 15) is 9.59 Å². The third-order valence-corrected chi connectivity index (χ3v) is 5.65. The summed E-state index contributed by atoms with van der Waals surface area (Å²) < 4.78 is 0. The van der Waals surface area contributed by atoms with Crippen LogP contribution in [0.3, 0.4) is 0 Å². The molecule has 1 aromatic carbocycles. The maximum absolute atomic E-state index is 12.9. The van der Waals surface area contributed by atoms with Gasteiger partial charge in [-0.1, -0.05) is 17.7 Å². The van der Waals surface area contributed by atoms with Gasteiger partial charge in [-0.05, 0) is 42.9 Å². The number of hydrogen-bond donors (Lipinski definition) is 1. The van der Waals surface area contributed by atoms with E-state index in [1.807, 2.05) is 12.1 Å². The number of likely N-dealkylation sites (tertiary alicyclic amines) is 1. The zero-order valence-electron chi connectivity index (χ0n) is 13.0. The second kappa shape index (κ2) is 5.45. The predicted molar refractivity (Wildman–Crippen MR) is 90.1 cm³/mol. The lowest BCUT2D eigenvalue weighted by Crippen LogP contribution is -2.40. The van der Waals surface area contributed by atoms with E-state index >= 15 is 0 Å². The highest BCUT2D eigenvalue weighted by molar-refractivity contribution is 6.32. The quantitative estimate of drug-likeness (QED) is 0.908. The fraction of sp³-hybridized carbons (Fsp3) is 0.389. The number of aliphatic carboxylic acids is 1. The normalized spacial score (nSPS) is 21.9. The van der Waals surface area contributed by atoms with Crippen molar-refractivity contribution < 1.29 is 14.7 Å². The Hall–Kier alpha value is -2.14. The van der Waals surface area contributed by atoms with Gasteiger partial charge >= 0.3 is 5.97 Å². The maximum atomic E-state index is 12.9. The molecule has 4 rings (SSSR count). The van der Waals surface area contributed by atoms with Crippen LogP contribution in [0.5, 0.6) is 0 Å². The second-order valence-electron chi connectivity index (χ2n) is 6.78. The number of aromatic nitrogens is 1. The maximum Gasteiger partial charge on any atom is 0.307 e. The summed E-state index contributed by atoms with van der Waals surface area (Å²) >= 11 is 6.15. The van der Waals surface area contributed by atoms with Crippen LogP contribution in [-0.4, -0.2) is 40.0 Å². The van der Waals surface area contributed by atoms with E-state index in [0.29, 0.717) is 29.2 Å². The average molecular weight is 345 g/mol. The molecule has 1 spiro atoms. The number of fused-ring (bicyclic) bond motifs is 1. The van der Waals surface area contributed by atoms with Gasteiger partial charge in [-0.25, -0.2) is 0 Å². The van der Waals surface area contributed by atoms with Crippen molar-refractivity contribution >= 4 is 34.4 Å². The zero-order chi connectivity index (χ0) is 16.9. The highest BCUT2D eigenvalue weighted by Crippen LogP contribution is 2.59. The van der Waals surface area contributed by atoms with Crippen molar-refractivity contribution in [2.75, 3.05) is 13.1 Å². The molecule has 1 aromatic heterocycles. The number of carboxylic acid groups (broad SMARTS) is 1. The minimum atomic E-state index is -0.709. The Kier molecular flexibility index (Phi) is 3.49. The molecule has 24 heavy (non-hydrogen) atoms. The third kappa shape index (κ3) is 2.44. The molecule has 1 amide bonds. The zero-order valence-corrected chi connectivity index (χ0v) is 13.8. The fourth-order valence-corrected chi connectivity index (χ4v) is 4.12. The van der Waals surface area contributed by atoms with Gasteiger partial charge in [0.15, 0.2) is 0 Å². The molecule has 2 heterocycles. The van der Waals surface area contributed by atoms with Crippen LogP contribution in [0.2, 0.25) is 5.02 Å². The summed E-state index contributed by atoms with van der Waals surface area (Å²) in [5.41, 5.74) is 1.08. The second-order valence-corrected chi connectivity index (χ2v) is 7.21. The number of carboxylic acids is 1. The summed E-state index contributed by atoms with van der Waals surface area (Å²) in [5, 5.41) is 10.5. The lowest BCUT2D eigenvalue weighted by molar-refractivity contribution is -0.139. The Morgan fingerprint density at radius 2 is 2.04 bits per heavy atom. The number of hydrogen-bond acceptors (Lipinski definition) is 3. The van der Waals surface area contributed by atoms with Crippen LogP contribution in [0.4, 0.5) is 0 Å². The first kappa shape index (κ1) is 15.4. The smallest absolute Gasteiger partial charge is 0.307 e. The summed E-state index contributed by atoms with van der Waals surface area (Å²) in [6, 6.07) is 7.17. The molecule has 1 N–H and O–H groups in total. The Morgan fingerprint density at radius 1 is 1.29 bits per heavy atom. The molecule has 2 aliphatic rings. The van der Waals surface area contributed by atoms with E-state index in [4.69, 9.17) is 16.7 Å². The molecule has 1 aliphatic carbocycles. The van der Waals surface area contributed by atoms with Gasteiger partial charge < -0.3 is 10.0 Å². The van der Waals surface area contributed by atoms with Crippen molar-refractivity contribution in [3.63, 3.8) is 0 Å². The Bertz CT molecular complexity index is 843. The van der Waals surface area contributed by atoms with Crippen molar-refractivity contribution in [3.8, 4) is 0 Å². The Morgan fingerprint density at radius 3 is 2.71 bits per heavy atom. The number of halogens is 1. The highest BCUT2D eigenvalue weighted by Gasteiger charge is 2.59. The van der Waals surface area contributed by atoms with Gasteiger partial charge in [0.1, 0.15) is 0 Å². The largest absolute Gasteiger partial charge is 0.481 e. The minimum absolute atomic E-state index is 0.0800. The Balaban J connectivity index is 1.57. The van der Waals surface area contributed by atoms with Crippen LogP contribution in [-0.2, 0) is 4.79 Å². The first-order valence-electron chi connectivity index (χ1n) is 8.07. The molecule has 5 nitrogen and oxygen atoms in total. The van der Waals surface area contributed by atoms with E-state index in [1.54, 1.807) is 23.2 Å². The first-order chi connectivity index (χ1) is 11.5. The van der Waals surface area contributed by atoms with Crippen LogP contribution in [0.15, 0.2) is 30.5 Å². The topological polar surface area (TPSA) is 70.5 Å². The van der Waals surface area contributed by atoms with E-state index in [0.717, 1.165) is 24.6 Å². The molecule has 2 fully saturated rings. The van der Waals surface area contributed by atoms with Gasteiger partial charge in [-0.2, -0.15) is 0 Å². The summed E-state index contributed by atoms with van der Waals surface area (Å²) in [4.78, 5) is 30.2. The van der Waals surface area contributed by atoms with E-state index in [-0.39, 0.29) is 17.2 Å². The summed E-state index contributed by atoms with van der Waals surface area (Å²) in [5.74, 6) is -1.02. The molecule has 1 saturated heterocycles. The number of carbonyl (C=O) groups is 2. The van der Waals surface area contributed by atoms with Crippen LogP contribution in [0, 0.1) is 11.3 Å². The number of benzene rings is 1. The summed E-state index contributed by atoms with van der Waals surface area (Å²) in [6.45, 7) is 1.17. The molecule has 0 radical (unpaired) electrons. The molecule has 124 valence electrons. The van der Waals surface area contributed by atoms with Gasteiger partial charge in [0, 0.05) is 29.7 Å². The van der Waals surface area contributed by atoms with Gasteiger partial charge in [0.25, 0.3) is 5.91 Å². The molecule has 2 aromatic rings. The first-order valence-corrected chi connectivity index (χ1v) is 8.44. The lowest BCUT2D eigenvalue weighted by Gasteiger charge is -2.32. The number of pyridine rings is 1. The van der Waals surface area contributed by atoms with Gasteiger partial charge in [0.2, 0.25) is 0 Å². The highest BCUT2D eigenvalue weighted by atomic mass is 35.5. The lowest BCUT2D eigenvalue weighted by atomic mass is 9.90. The van der Waals surface area contributed by atoms with Crippen LogP contribution in [0.1, 0.15) is 29.6 Å². The van der Waals surface area contributed by atoms with Gasteiger partial charge in [0.05, 0.1) is 17.0 Å². The minimum Gasteiger partial charge on any atom is -0.481 e. The number of piperidine rings is 1. The summed E-state index contributed by atoms with van der Waals surface area (Å²) in [6.07, 6.45) is 3.91. The average Bonchev–Trinajstić information content (AvgIpc) is 3.28. The van der Waals surface area contributed by atoms with E-state index in [2.05, 4.69) is 4.98 Å². The summed E-state index contributed by atoms with van der Waals surface area (Å²) in [7, 11) is 0. The van der Waals surface area contributed by atoms with Crippen molar-refractivity contribution in [1.82, 2.24) is 9.88 Å². The molecule has 1 aliphatic heterocycles. The molecule has 1 atom stereocenters. The van der Waals surface area contributed by atoms with Crippen LogP contribution in [0.25, 0.3) is 10.9 Å². The molecule has 6 heteroatoms. The van der Waals surface area contributed by atoms with Crippen molar-refractivity contribution in [2.24, 2.45) is 11.3 Å². The third-order valence-electron chi connectivity index (χ3n) is 5.43. The standard InChI is InChI=1S/C18H17ClN2O3/c19-12-8-11-2-1-5-20-15(11)13(9-12)16(22)21-6-3-18(4-7-21)10-14(18)17(23)24/h1-2,5,8-9,14H,3-4,6-7,10H2,(H,23,24). The monoisotopic (exact) mass is 344 g/mol. The predicted octanol–water partition coefficient (Wildman–Crippen LogP) is 3.22. The van der Waals surface area contributed by atoms with Crippen LogP contribution < -0.4 is 0 Å².